The molecule has 0 aromatic carbocycles. The molecular weight excluding hydrogens is 168 g/mol. The summed E-state index contributed by atoms with van der Waals surface area (Å²) in [6.07, 6.45) is 5.66. The number of urea groups is 1. The molecule has 13 heavy (non-hydrogen) atoms. The first-order chi connectivity index (χ1) is 6.20. The monoisotopic (exact) mass is 180 g/mol. The van der Waals surface area contributed by atoms with Gasteiger partial charge in [-0.1, -0.05) is 12.2 Å². The van der Waals surface area contributed by atoms with E-state index in [9.17, 15) is 9.59 Å². The zero-order chi connectivity index (χ0) is 9.42. The molecule has 1 aliphatic heterocycles. The minimum atomic E-state index is -0.154. The minimum Gasteiger partial charge on any atom is -0.318 e. The van der Waals surface area contributed by atoms with Crippen LogP contribution in [-0.2, 0) is 4.79 Å². The Balaban J connectivity index is 2.14. The number of amides is 3. The molecule has 4 heteroatoms. The number of carbonyl (C=O) groups is 2. The average Bonchev–Trinajstić information content (AvgIpc) is 2.63. The van der Waals surface area contributed by atoms with Crippen LogP contribution in [-0.4, -0.2) is 41.4 Å². The van der Waals surface area contributed by atoms with Crippen LogP contribution >= 0.6 is 0 Å². The summed E-state index contributed by atoms with van der Waals surface area (Å²) in [7, 11) is 1.66. The minimum absolute atomic E-state index is 0.0683. The third-order valence-corrected chi connectivity index (χ3v) is 2.52. The highest BCUT2D eigenvalue weighted by Gasteiger charge is 2.38. The summed E-state index contributed by atoms with van der Waals surface area (Å²) in [4.78, 5) is 25.8. The Hall–Kier alpha value is -1.32. The molecule has 0 N–H and O–H groups in total. The lowest BCUT2D eigenvalue weighted by Gasteiger charge is -2.20. The molecule has 2 aliphatic rings. The highest BCUT2D eigenvalue weighted by molar-refractivity contribution is 6.02. The molecule has 0 radical (unpaired) electrons. The zero-order valence-electron chi connectivity index (χ0n) is 7.56. The smallest absolute Gasteiger partial charge is 0.318 e. The van der Waals surface area contributed by atoms with E-state index in [1.54, 1.807) is 7.05 Å². The van der Waals surface area contributed by atoms with Crippen molar-refractivity contribution in [1.29, 1.82) is 0 Å². The second-order valence-corrected chi connectivity index (χ2v) is 3.50. The summed E-state index contributed by atoms with van der Waals surface area (Å²) in [5.74, 6) is -0.0683. The molecule has 4 nitrogen and oxygen atoms in total. The van der Waals surface area contributed by atoms with Gasteiger partial charge in [-0.25, -0.2) is 4.79 Å². The van der Waals surface area contributed by atoms with E-state index in [0.717, 1.165) is 12.8 Å². The van der Waals surface area contributed by atoms with Crippen LogP contribution in [0.15, 0.2) is 12.2 Å². The van der Waals surface area contributed by atoms with Crippen LogP contribution in [0, 0.1) is 0 Å². The van der Waals surface area contributed by atoms with Gasteiger partial charge in [0, 0.05) is 13.1 Å². The van der Waals surface area contributed by atoms with Crippen molar-refractivity contribution in [1.82, 2.24) is 9.80 Å². The fourth-order valence-corrected chi connectivity index (χ4v) is 1.81. The molecule has 0 bridgehead atoms. The fourth-order valence-electron chi connectivity index (χ4n) is 1.81. The topological polar surface area (TPSA) is 40.6 Å². The van der Waals surface area contributed by atoms with Gasteiger partial charge in [-0.3, -0.25) is 9.69 Å². The quantitative estimate of drug-likeness (QED) is 0.438. The normalized spacial score (nSPS) is 23.8. The predicted molar refractivity (Wildman–Crippen MR) is 47.0 cm³/mol. The predicted octanol–water partition coefficient (Wildman–Crippen LogP) is 0.599. The van der Waals surface area contributed by atoms with E-state index >= 15 is 0 Å². The van der Waals surface area contributed by atoms with Crippen molar-refractivity contribution >= 4 is 11.9 Å². The molecule has 0 atom stereocenters. The van der Waals surface area contributed by atoms with E-state index in [-0.39, 0.29) is 24.5 Å². The molecular formula is C9H12N2O2. The van der Waals surface area contributed by atoms with Crippen LogP contribution in [0.5, 0.6) is 0 Å². The third kappa shape index (κ3) is 1.22. The Bertz CT molecular complexity index is 277. The Morgan fingerprint density at radius 1 is 1.31 bits per heavy atom. The molecule has 3 amide bonds. The van der Waals surface area contributed by atoms with Gasteiger partial charge in [-0.15, -0.1) is 0 Å². The lowest BCUT2D eigenvalue weighted by atomic mass is 10.2. The molecule has 0 saturated carbocycles. The molecule has 2 rings (SSSR count). The maximum atomic E-state index is 11.5. The first kappa shape index (κ1) is 8.29. The first-order valence-corrected chi connectivity index (χ1v) is 4.42. The van der Waals surface area contributed by atoms with Gasteiger partial charge in [0.15, 0.2) is 0 Å². The van der Waals surface area contributed by atoms with Crippen LogP contribution in [0.3, 0.4) is 0 Å². The summed E-state index contributed by atoms with van der Waals surface area (Å²) < 4.78 is 0. The number of imide groups is 1. The van der Waals surface area contributed by atoms with Crippen LogP contribution in [0.4, 0.5) is 4.79 Å². The van der Waals surface area contributed by atoms with E-state index in [4.69, 9.17) is 0 Å². The van der Waals surface area contributed by atoms with Gasteiger partial charge in [-0.2, -0.15) is 0 Å². The van der Waals surface area contributed by atoms with Gasteiger partial charge < -0.3 is 4.90 Å². The summed E-state index contributed by atoms with van der Waals surface area (Å²) in [5.41, 5.74) is 0. The number of hydrogen-bond donors (Lipinski definition) is 0. The highest BCUT2D eigenvalue weighted by Crippen LogP contribution is 2.21. The van der Waals surface area contributed by atoms with Crippen molar-refractivity contribution in [2.45, 2.75) is 18.9 Å². The van der Waals surface area contributed by atoms with Gasteiger partial charge in [-0.05, 0) is 12.8 Å². The second-order valence-electron chi connectivity index (χ2n) is 3.50. The Labute approximate surface area is 76.8 Å². The van der Waals surface area contributed by atoms with Crippen molar-refractivity contribution in [2.24, 2.45) is 0 Å². The average molecular weight is 180 g/mol. The Kier molecular flexibility index (Phi) is 1.83. The fraction of sp³-hybridized carbons (Fsp3) is 0.556. The summed E-state index contributed by atoms with van der Waals surface area (Å²) in [5, 5.41) is 0. The Morgan fingerprint density at radius 2 is 1.92 bits per heavy atom. The van der Waals surface area contributed by atoms with Crippen LogP contribution in [0.1, 0.15) is 12.8 Å². The third-order valence-electron chi connectivity index (χ3n) is 2.52. The van der Waals surface area contributed by atoms with Gasteiger partial charge in [0.1, 0.15) is 6.54 Å². The maximum Gasteiger partial charge on any atom is 0.327 e. The van der Waals surface area contributed by atoms with Crippen molar-refractivity contribution in [2.75, 3.05) is 13.6 Å². The molecule has 70 valence electrons. The molecule has 0 unspecified atom stereocenters. The number of nitrogens with zero attached hydrogens (tertiary/aromatic N) is 2. The largest absolute Gasteiger partial charge is 0.327 e. The zero-order valence-corrected chi connectivity index (χ0v) is 7.56. The first-order valence-electron chi connectivity index (χ1n) is 4.42. The summed E-state index contributed by atoms with van der Waals surface area (Å²) in [6.45, 7) is 0.231. The standard InChI is InChI=1S/C9H12N2O2/c1-10-6-8(12)11(9(10)13)7-4-2-3-5-7/h2-3,7H,4-6H2,1H3. The number of hydrogen-bond acceptors (Lipinski definition) is 2. The second kappa shape index (κ2) is 2.87. The van der Waals surface area contributed by atoms with E-state index in [1.165, 1.54) is 9.80 Å². The van der Waals surface area contributed by atoms with Crippen LogP contribution < -0.4 is 0 Å². The lowest BCUT2D eigenvalue weighted by molar-refractivity contribution is -0.126. The van der Waals surface area contributed by atoms with Crippen molar-refractivity contribution < 1.29 is 9.59 Å². The van der Waals surface area contributed by atoms with E-state index in [1.807, 2.05) is 12.2 Å². The lowest BCUT2D eigenvalue weighted by Crippen LogP contribution is -2.39. The molecule has 0 aromatic rings. The summed E-state index contributed by atoms with van der Waals surface area (Å²) >= 11 is 0. The molecule has 1 aliphatic carbocycles. The molecule has 0 aromatic heterocycles. The number of likely N-dealkylation sites (N-methyl/N-ethyl adjacent to an activating group) is 1. The van der Waals surface area contributed by atoms with Crippen LogP contribution in [0.2, 0.25) is 0 Å². The van der Waals surface area contributed by atoms with Gasteiger partial charge in [0.2, 0.25) is 0 Å². The Morgan fingerprint density at radius 3 is 2.38 bits per heavy atom. The molecule has 0 spiro atoms. The van der Waals surface area contributed by atoms with Crippen molar-refractivity contribution in [3.63, 3.8) is 0 Å². The number of rotatable bonds is 1. The van der Waals surface area contributed by atoms with Gasteiger partial charge >= 0.3 is 6.03 Å². The maximum absolute atomic E-state index is 11.5. The van der Waals surface area contributed by atoms with Crippen molar-refractivity contribution in [3.8, 4) is 0 Å². The molecule has 1 saturated heterocycles. The summed E-state index contributed by atoms with van der Waals surface area (Å²) in [6, 6.07) is -0.0800. The van der Waals surface area contributed by atoms with E-state index in [0.29, 0.717) is 0 Å². The van der Waals surface area contributed by atoms with Gasteiger partial charge in [0.05, 0.1) is 0 Å². The SMILES string of the molecule is CN1CC(=O)N(C2CC=CC2)C1=O. The molecule has 1 heterocycles. The van der Waals surface area contributed by atoms with Crippen LogP contribution in [0.25, 0.3) is 0 Å². The van der Waals surface area contributed by atoms with Gasteiger partial charge in [0.25, 0.3) is 5.91 Å². The highest BCUT2D eigenvalue weighted by atomic mass is 16.2. The van der Waals surface area contributed by atoms with Crippen molar-refractivity contribution in [3.05, 3.63) is 12.2 Å². The van der Waals surface area contributed by atoms with E-state index < -0.39 is 0 Å². The number of carbonyl (C=O) groups excluding carboxylic acids is 2. The van der Waals surface area contributed by atoms with E-state index in [2.05, 4.69) is 0 Å². The molecule has 1 fully saturated rings.